The molecule has 1 N–H and O–H groups in total. The van der Waals surface area contributed by atoms with Crippen molar-refractivity contribution in [2.24, 2.45) is 5.16 Å². The quantitative estimate of drug-likeness (QED) is 0.484. The minimum absolute atomic E-state index is 0.727. The van der Waals surface area contributed by atoms with Crippen LogP contribution in [0.15, 0.2) is 17.4 Å². The fourth-order valence-electron chi connectivity index (χ4n) is 1.80. The van der Waals surface area contributed by atoms with Gasteiger partial charge in [0.25, 0.3) is 0 Å². The Bertz CT molecular complexity index is 358. The van der Waals surface area contributed by atoms with Crippen LogP contribution in [-0.4, -0.2) is 15.9 Å². The monoisotopic (exact) mass is 176 g/mol. The first kappa shape index (κ1) is 8.23. The Morgan fingerprint density at radius 1 is 1.46 bits per heavy atom. The summed E-state index contributed by atoms with van der Waals surface area (Å²) in [5.74, 6) is 0. The lowest BCUT2D eigenvalue weighted by atomic mass is 9.91. The van der Waals surface area contributed by atoms with Crippen LogP contribution in [0, 0.1) is 6.92 Å². The lowest BCUT2D eigenvalue weighted by molar-refractivity contribution is 0.317. The van der Waals surface area contributed by atoms with E-state index in [1.807, 2.05) is 6.07 Å². The molecule has 0 atom stereocenters. The van der Waals surface area contributed by atoms with Crippen molar-refractivity contribution in [2.75, 3.05) is 0 Å². The average molecular weight is 176 g/mol. The molecule has 0 saturated heterocycles. The topological polar surface area (TPSA) is 45.5 Å². The largest absolute Gasteiger partial charge is 0.411 e. The fourth-order valence-corrected chi connectivity index (χ4v) is 1.80. The number of fused-ring (bicyclic) bond motifs is 1. The number of aromatic nitrogens is 1. The minimum atomic E-state index is 0.727. The number of oxime groups is 1. The van der Waals surface area contributed by atoms with Gasteiger partial charge < -0.3 is 5.21 Å². The van der Waals surface area contributed by atoms with Gasteiger partial charge in [-0.25, -0.2) is 0 Å². The van der Waals surface area contributed by atoms with Gasteiger partial charge in [-0.2, -0.15) is 0 Å². The Morgan fingerprint density at radius 2 is 2.31 bits per heavy atom. The molecule has 0 radical (unpaired) electrons. The molecule has 0 amide bonds. The van der Waals surface area contributed by atoms with Crippen LogP contribution in [0.5, 0.6) is 0 Å². The van der Waals surface area contributed by atoms with E-state index in [1.165, 1.54) is 11.1 Å². The normalized spacial score (nSPS) is 18.7. The Hall–Kier alpha value is -1.38. The molecule has 68 valence electrons. The fraction of sp³-hybridized carbons (Fsp3) is 0.400. The van der Waals surface area contributed by atoms with Gasteiger partial charge in [-0.05, 0) is 43.4 Å². The van der Waals surface area contributed by atoms with Gasteiger partial charge in [-0.3, -0.25) is 4.98 Å². The first-order valence-corrected chi connectivity index (χ1v) is 4.48. The summed E-state index contributed by atoms with van der Waals surface area (Å²) in [6.45, 7) is 2.07. The maximum atomic E-state index is 8.78. The minimum Gasteiger partial charge on any atom is -0.411 e. The summed E-state index contributed by atoms with van der Waals surface area (Å²) in [6, 6.07) is 2.00. The smallest absolute Gasteiger partial charge is 0.105 e. The lowest BCUT2D eigenvalue weighted by Crippen LogP contribution is -2.15. The van der Waals surface area contributed by atoms with Crippen LogP contribution in [0.2, 0.25) is 0 Å². The van der Waals surface area contributed by atoms with Crippen molar-refractivity contribution in [1.29, 1.82) is 0 Å². The van der Waals surface area contributed by atoms with Crippen LogP contribution >= 0.6 is 0 Å². The molecule has 0 spiro atoms. The van der Waals surface area contributed by atoms with E-state index in [2.05, 4.69) is 17.1 Å². The van der Waals surface area contributed by atoms with Crippen LogP contribution in [-0.2, 0) is 6.42 Å². The number of nitrogens with zero attached hydrogens (tertiary/aromatic N) is 2. The van der Waals surface area contributed by atoms with Crippen molar-refractivity contribution in [2.45, 2.75) is 26.2 Å². The lowest BCUT2D eigenvalue weighted by Gasteiger charge is -2.17. The number of rotatable bonds is 0. The van der Waals surface area contributed by atoms with Crippen molar-refractivity contribution in [1.82, 2.24) is 4.98 Å². The summed E-state index contributed by atoms with van der Waals surface area (Å²) in [6.07, 6.45) is 4.71. The first-order valence-electron chi connectivity index (χ1n) is 4.48. The van der Waals surface area contributed by atoms with E-state index in [4.69, 9.17) is 5.21 Å². The molecule has 0 aliphatic heterocycles. The molecule has 0 aromatic carbocycles. The highest BCUT2D eigenvalue weighted by Crippen LogP contribution is 2.22. The summed E-state index contributed by atoms with van der Waals surface area (Å²) in [5, 5.41) is 12.1. The molecular formula is C10H12N2O. The van der Waals surface area contributed by atoms with Crippen LogP contribution in [0.1, 0.15) is 29.7 Å². The van der Waals surface area contributed by atoms with Gasteiger partial charge in [0.1, 0.15) is 5.71 Å². The van der Waals surface area contributed by atoms with E-state index < -0.39 is 0 Å². The number of aryl methyl sites for hydroxylation is 1. The van der Waals surface area contributed by atoms with Crippen LogP contribution in [0.3, 0.4) is 0 Å². The van der Waals surface area contributed by atoms with E-state index in [0.717, 1.165) is 30.7 Å². The Balaban J connectivity index is 2.58. The first-order chi connectivity index (χ1) is 6.33. The molecule has 0 fully saturated rings. The van der Waals surface area contributed by atoms with Crippen LogP contribution < -0.4 is 0 Å². The molecular weight excluding hydrogens is 164 g/mol. The molecule has 2 rings (SSSR count). The summed E-state index contributed by atoms with van der Waals surface area (Å²) in [4.78, 5) is 4.24. The molecule has 1 aliphatic carbocycles. The number of hydrogen-bond acceptors (Lipinski definition) is 3. The Morgan fingerprint density at radius 3 is 3.08 bits per heavy atom. The zero-order chi connectivity index (χ0) is 9.26. The second kappa shape index (κ2) is 3.17. The number of hydrogen-bond donors (Lipinski definition) is 1. The standard InChI is InChI=1S/C10H12N2O/c1-7-5-6-11-10-8(7)3-2-4-9(10)12-13/h5-6,13H,2-4H2,1H3. The third-order valence-corrected chi connectivity index (χ3v) is 2.52. The van der Waals surface area contributed by atoms with Gasteiger partial charge in [0.2, 0.25) is 0 Å². The molecule has 1 aromatic rings. The molecule has 13 heavy (non-hydrogen) atoms. The number of pyridine rings is 1. The van der Waals surface area contributed by atoms with Crippen molar-refractivity contribution in [3.63, 3.8) is 0 Å². The summed E-state index contributed by atoms with van der Waals surface area (Å²) in [5.41, 5.74) is 4.09. The summed E-state index contributed by atoms with van der Waals surface area (Å²) >= 11 is 0. The SMILES string of the molecule is Cc1ccnc2c1CCCC2=NO. The Labute approximate surface area is 77.1 Å². The molecule has 1 aliphatic rings. The summed E-state index contributed by atoms with van der Waals surface area (Å²) in [7, 11) is 0. The Kier molecular flexibility index (Phi) is 2.00. The molecule has 1 aromatic heterocycles. The zero-order valence-electron chi connectivity index (χ0n) is 7.62. The van der Waals surface area contributed by atoms with Crippen molar-refractivity contribution in [3.8, 4) is 0 Å². The third-order valence-electron chi connectivity index (χ3n) is 2.52. The van der Waals surface area contributed by atoms with Gasteiger partial charge in [0.05, 0.1) is 5.69 Å². The average Bonchev–Trinajstić information content (AvgIpc) is 2.18. The van der Waals surface area contributed by atoms with Crippen molar-refractivity contribution >= 4 is 5.71 Å². The molecule has 0 unspecified atom stereocenters. The summed E-state index contributed by atoms with van der Waals surface area (Å²) < 4.78 is 0. The predicted octanol–water partition coefficient (Wildman–Crippen LogP) is 1.90. The van der Waals surface area contributed by atoms with E-state index in [9.17, 15) is 0 Å². The van der Waals surface area contributed by atoms with E-state index in [1.54, 1.807) is 6.20 Å². The third kappa shape index (κ3) is 1.30. The predicted molar refractivity (Wildman–Crippen MR) is 50.2 cm³/mol. The van der Waals surface area contributed by atoms with Gasteiger partial charge in [0.15, 0.2) is 0 Å². The second-order valence-electron chi connectivity index (χ2n) is 3.36. The van der Waals surface area contributed by atoms with Crippen LogP contribution in [0.4, 0.5) is 0 Å². The van der Waals surface area contributed by atoms with Crippen LogP contribution in [0.25, 0.3) is 0 Å². The van der Waals surface area contributed by atoms with Gasteiger partial charge in [-0.1, -0.05) is 5.16 Å². The van der Waals surface area contributed by atoms with E-state index >= 15 is 0 Å². The van der Waals surface area contributed by atoms with Gasteiger partial charge in [0, 0.05) is 6.20 Å². The van der Waals surface area contributed by atoms with E-state index in [-0.39, 0.29) is 0 Å². The molecule has 3 nitrogen and oxygen atoms in total. The van der Waals surface area contributed by atoms with Gasteiger partial charge in [-0.15, -0.1) is 0 Å². The molecule has 0 bridgehead atoms. The van der Waals surface area contributed by atoms with E-state index in [0.29, 0.717) is 0 Å². The molecule has 3 heteroatoms. The van der Waals surface area contributed by atoms with Crippen molar-refractivity contribution in [3.05, 3.63) is 29.1 Å². The maximum Gasteiger partial charge on any atom is 0.105 e. The highest BCUT2D eigenvalue weighted by Gasteiger charge is 2.18. The van der Waals surface area contributed by atoms with Gasteiger partial charge >= 0.3 is 0 Å². The molecule has 1 heterocycles. The highest BCUT2D eigenvalue weighted by molar-refractivity contribution is 6.00. The second-order valence-corrected chi connectivity index (χ2v) is 3.36. The maximum absolute atomic E-state index is 8.78. The molecule has 0 saturated carbocycles. The zero-order valence-corrected chi connectivity index (χ0v) is 7.62. The van der Waals surface area contributed by atoms with Crippen molar-refractivity contribution < 1.29 is 5.21 Å². The highest BCUT2D eigenvalue weighted by atomic mass is 16.4.